The van der Waals surface area contributed by atoms with Crippen LogP contribution in [0.2, 0.25) is 0 Å². The first kappa shape index (κ1) is 32.2. The average molecular weight is 663 g/mol. The van der Waals surface area contributed by atoms with E-state index in [2.05, 4.69) is 43.9 Å². The lowest BCUT2D eigenvalue weighted by Crippen LogP contribution is -2.28. The van der Waals surface area contributed by atoms with Gasteiger partial charge in [-0.05, 0) is 84.3 Å². The number of carbonyl (C=O) groups is 1. The zero-order chi connectivity index (χ0) is 33.1. The largest absolute Gasteiger partial charge is 0.573 e. The van der Waals surface area contributed by atoms with Gasteiger partial charge in [0.25, 0.3) is 0 Å². The SMILES string of the molecule is COc1ccc(N2CCS/C2=N\C(=O)NC2=C(c3ccc(-c4ncn(-c5ccc(OC(F)(F)F)cc5)n4)cc3)CCC2)c(C(C)C)c1. The summed E-state index contributed by atoms with van der Waals surface area (Å²) in [6.07, 6.45) is -0.751. The van der Waals surface area contributed by atoms with Crippen LogP contribution in [0.4, 0.5) is 23.7 Å². The van der Waals surface area contributed by atoms with Crippen LogP contribution >= 0.6 is 11.8 Å². The molecule has 1 N–H and O–H groups in total. The second-order valence-corrected chi connectivity index (χ2v) is 12.4. The van der Waals surface area contributed by atoms with E-state index in [9.17, 15) is 18.0 Å². The van der Waals surface area contributed by atoms with Gasteiger partial charge in [0.1, 0.15) is 17.8 Å². The van der Waals surface area contributed by atoms with Crippen molar-refractivity contribution in [3.63, 3.8) is 0 Å². The predicted molar refractivity (Wildman–Crippen MR) is 177 cm³/mol. The summed E-state index contributed by atoms with van der Waals surface area (Å²) < 4.78 is 48.3. The van der Waals surface area contributed by atoms with Gasteiger partial charge in [0, 0.05) is 29.2 Å². The molecular weight excluding hydrogens is 629 g/mol. The van der Waals surface area contributed by atoms with Gasteiger partial charge in [-0.15, -0.1) is 18.3 Å². The number of hydrogen-bond donors (Lipinski definition) is 1. The zero-order valence-corrected chi connectivity index (χ0v) is 26.9. The number of ether oxygens (including phenoxy) is 2. The third-order valence-corrected chi connectivity index (χ3v) is 8.87. The Kier molecular flexibility index (Phi) is 9.26. The molecule has 0 bridgehead atoms. The molecule has 1 aliphatic heterocycles. The van der Waals surface area contributed by atoms with Crippen molar-refractivity contribution in [1.29, 1.82) is 0 Å². The van der Waals surface area contributed by atoms with E-state index in [0.717, 1.165) is 71.0 Å². The van der Waals surface area contributed by atoms with E-state index in [0.29, 0.717) is 16.7 Å². The molecule has 1 aromatic heterocycles. The Hall–Kier alpha value is -4.78. The number of nitrogens with zero attached hydrogens (tertiary/aromatic N) is 5. The van der Waals surface area contributed by atoms with Crippen molar-refractivity contribution >= 4 is 34.2 Å². The van der Waals surface area contributed by atoms with Crippen LogP contribution in [0.1, 0.15) is 50.2 Å². The van der Waals surface area contributed by atoms with E-state index in [1.807, 2.05) is 42.5 Å². The van der Waals surface area contributed by atoms with E-state index in [1.54, 1.807) is 18.9 Å². The molecule has 0 radical (unpaired) electrons. The number of methoxy groups -OCH3 is 1. The summed E-state index contributed by atoms with van der Waals surface area (Å²) in [7, 11) is 1.66. The second-order valence-electron chi connectivity index (χ2n) is 11.3. The first-order valence-corrected chi connectivity index (χ1v) is 16.1. The number of halogens is 3. The highest BCUT2D eigenvalue weighted by Gasteiger charge is 2.31. The summed E-state index contributed by atoms with van der Waals surface area (Å²) in [6.45, 7) is 5.04. The standard InChI is InChI=1S/C34H33F3N6O3S/c1-21(2)28-19-26(45-3)15-16-30(28)42-17-18-47-33(42)40-32(44)39-29-6-4-5-27(29)22-7-9-23(10-8-22)31-38-20-43(41-31)24-11-13-25(14-12-24)46-34(35,36)37/h7-16,19-21H,4-6,17-18H2,1-3H3,(H,39,44)/b40-33-. The van der Waals surface area contributed by atoms with E-state index >= 15 is 0 Å². The van der Waals surface area contributed by atoms with Gasteiger partial charge in [0.2, 0.25) is 0 Å². The Morgan fingerprint density at radius 2 is 1.72 bits per heavy atom. The molecule has 6 rings (SSSR count). The molecule has 3 aromatic carbocycles. The Bertz CT molecular complexity index is 1820. The number of alkyl halides is 3. The highest BCUT2D eigenvalue weighted by molar-refractivity contribution is 8.14. The zero-order valence-electron chi connectivity index (χ0n) is 26.0. The molecular formula is C34H33F3N6O3S. The lowest BCUT2D eigenvalue weighted by Gasteiger charge is -2.23. The molecule has 13 heteroatoms. The van der Waals surface area contributed by atoms with Crippen molar-refractivity contribution in [2.75, 3.05) is 24.3 Å². The molecule has 1 saturated heterocycles. The smallest absolute Gasteiger partial charge is 0.497 e. The third kappa shape index (κ3) is 7.46. The van der Waals surface area contributed by atoms with Gasteiger partial charge < -0.3 is 19.7 Å². The molecule has 1 aliphatic carbocycles. The van der Waals surface area contributed by atoms with Crippen LogP contribution in [0.5, 0.6) is 11.5 Å². The number of hydrogen-bond acceptors (Lipinski definition) is 6. The van der Waals surface area contributed by atoms with E-state index < -0.39 is 12.4 Å². The molecule has 244 valence electrons. The van der Waals surface area contributed by atoms with Crippen LogP contribution in [0, 0.1) is 0 Å². The number of rotatable bonds is 8. The fraction of sp³-hybridized carbons (Fsp3) is 0.294. The maximum atomic E-state index is 13.2. The summed E-state index contributed by atoms with van der Waals surface area (Å²) in [5.41, 5.74) is 6.42. The first-order valence-electron chi connectivity index (χ1n) is 15.2. The highest BCUT2D eigenvalue weighted by atomic mass is 32.2. The van der Waals surface area contributed by atoms with Crippen LogP contribution in [0.15, 0.2) is 83.7 Å². The number of thioether (sulfide) groups is 1. The number of allylic oxidation sites excluding steroid dienone is 2. The van der Waals surface area contributed by atoms with Crippen molar-refractivity contribution in [2.45, 2.75) is 45.4 Å². The van der Waals surface area contributed by atoms with Crippen LogP contribution in [-0.2, 0) is 0 Å². The number of benzene rings is 3. The fourth-order valence-corrected chi connectivity index (χ4v) is 6.62. The highest BCUT2D eigenvalue weighted by Crippen LogP contribution is 2.36. The molecule has 1 fully saturated rings. The van der Waals surface area contributed by atoms with Crippen LogP contribution in [-0.4, -0.2) is 51.7 Å². The van der Waals surface area contributed by atoms with Gasteiger partial charge in [-0.3, -0.25) is 0 Å². The number of anilines is 1. The van der Waals surface area contributed by atoms with Crippen LogP contribution in [0.3, 0.4) is 0 Å². The minimum Gasteiger partial charge on any atom is -0.497 e. The summed E-state index contributed by atoms with van der Waals surface area (Å²) in [4.78, 5) is 24.2. The molecule has 2 heterocycles. The van der Waals surface area contributed by atoms with Gasteiger partial charge in [0.05, 0.1) is 12.8 Å². The van der Waals surface area contributed by atoms with Crippen molar-refractivity contribution in [3.8, 4) is 28.6 Å². The lowest BCUT2D eigenvalue weighted by atomic mass is 10.00. The third-order valence-electron chi connectivity index (χ3n) is 7.92. The minimum atomic E-state index is -4.75. The van der Waals surface area contributed by atoms with E-state index in [-0.39, 0.29) is 11.7 Å². The maximum absolute atomic E-state index is 13.2. The topological polar surface area (TPSA) is 93.9 Å². The molecule has 2 amide bonds. The normalized spacial score (nSPS) is 16.0. The lowest BCUT2D eigenvalue weighted by molar-refractivity contribution is -0.274. The van der Waals surface area contributed by atoms with Gasteiger partial charge in [0.15, 0.2) is 11.0 Å². The van der Waals surface area contributed by atoms with Gasteiger partial charge >= 0.3 is 12.4 Å². The Morgan fingerprint density at radius 3 is 2.43 bits per heavy atom. The number of nitrogens with one attached hydrogen (secondary N) is 1. The Labute approximate surface area is 274 Å². The Morgan fingerprint density at radius 1 is 1.00 bits per heavy atom. The van der Waals surface area contributed by atoms with Gasteiger partial charge in [-0.2, -0.15) is 4.99 Å². The van der Waals surface area contributed by atoms with Crippen molar-refractivity contribution in [2.24, 2.45) is 4.99 Å². The Balaban J connectivity index is 1.15. The number of amidine groups is 1. The minimum absolute atomic E-state index is 0.271. The molecule has 0 unspecified atom stereocenters. The van der Waals surface area contributed by atoms with Crippen molar-refractivity contribution < 1.29 is 27.4 Å². The van der Waals surface area contributed by atoms with Crippen molar-refractivity contribution in [3.05, 3.63) is 89.9 Å². The van der Waals surface area contributed by atoms with Gasteiger partial charge in [-0.1, -0.05) is 49.9 Å². The van der Waals surface area contributed by atoms with Crippen LogP contribution < -0.4 is 19.7 Å². The predicted octanol–water partition coefficient (Wildman–Crippen LogP) is 8.18. The average Bonchev–Trinajstić information content (AvgIpc) is 3.82. The monoisotopic (exact) mass is 662 g/mol. The molecule has 47 heavy (non-hydrogen) atoms. The molecule has 0 saturated carbocycles. The quantitative estimate of drug-likeness (QED) is 0.203. The summed E-state index contributed by atoms with van der Waals surface area (Å²) in [5, 5.41) is 8.22. The van der Waals surface area contributed by atoms with E-state index in [1.165, 1.54) is 35.3 Å². The number of carbonyl (C=O) groups excluding carboxylic acids is 1. The summed E-state index contributed by atoms with van der Waals surface area (Å²) in [6, 6.07) is 18.8. The maximum Gasteiger partial charge on any atom is 0.573 e. The van der Waals surface area contributed by atoms with Crippen LogP contribution in [0.25, 0.3) is 22.6 Å². The summed E-state index contributed by atoms with van der Waals surface area (Å²) >= 11 is 1.57. The molecule has 9 nitrogen and oxygen atoms in total. The van der Waals surface area contributed by atoms with Gasteiger partial charge in [-0.25, -0.2) is 14.5 Å². The fourth-order valence-electron chi connectivity index (χ4n) is 5.67. The number of aromatic nitrogens is 3. The molecule has 0 spiro atoms. The number of urea groups is 1. The number of amides is 2. The molecule has 2 aliphatic rings. The van der Waals surface area contributed by atoms with Crippen molar-refractivity contribution in [1.82, 2.24) is 20.1 Å². The molecule has 4 aromatic rings. The first-order chi connectivity index (χ1) is 22.6. The van der Waals surface area contributed by atoms with E-state index in [4.69, 9.17) is 4.74 Å². The second kappa shape index (κ2) is 13.5. The molecule has 0 atom stereocenters. The summed E-state index contributed by atoms with van der Waals surface area (Å²) in [5.74, 6) is 2.06. The number of aliphatic imine (C=N–C) groups is 1.